The predicted octanol–water partition coefficient (Wildman–Crippen LogP) is 3.16. The highest BCUT2D eigenvalue weighted by Gasteiger charge is 2.18. The minimum absolute atomic E-state index is 0.0224. The molecule has 1 saturated heterocycles. The van der Waals surface area contributed by atoms with Crippen molar-refractivity contribution in [2.75, 3.05) is 13.1 Å². The normalized spacial score (nSPS) is 18.3. The number of likely N-dealkylation sites (tertiary alicyclic amines) is 1. The number of fused-ring (bicyclic) bond motifs is 1. The fourth-order valence-electron chi connectivity index (χ4n) is 3.90. The molecular weight excluding hydrogens is 324 g/mol. The molecule has 0 amide bonds. The van der Waals surface area contributed by atoms with Crippen molar-refractivity contribution < 1.29 is 5.11 Å². The van der Waals surface area contributed by atoms with Gasteiger partial charge in [0.1, 0.15) is 0 Å². The Labute approximate surface area is 153 Å². The van der Waals surface area contributed by atoms with Crippen LogP contribution in [0.25, 0.3) is 22.0 Å². The number of rotatable bonds is 3. The number of aromatic nitrogens is 1. The second-order valence-corrected chi connectivity index (χ2v) is 7.21. The van der Waals surface area contributed by atoms with Gasteiger partial charge in [0.05, 0.1) is 11.6 Å². The average Bonchev–Trinajstić information content (AvgIpc) is 2.65. The largest absolute Gasteiger partial charge is 0.392 e. The molecule has 1 N–H and O–H groups in total. The maximum Gasteiger partial charge on any atom is 0.258 e. The van der Waals surface area contributed by atoms with E-state index < -0.39 is 0 Å². The molecule has 0 bridgehead atoms. The molecular formula is C22H24N2O2. The van der Waals surface area contributed by atoms with Crippen LogP contribution in [0.2, 0.25) is 0 Å². The Bertz CT molecular complexity index is 993. The Morgan fingerprint density at radius 1 is 1.12 bits per heavy atom. The van der Waals surface area contributed by atoms with Gasteiger partial charge in [-0.3, -0.25) is 9.69 Å². The number of aliphatic hydroxyl groups is 1. The van der Waals surface area contributed by atoms with Gasteiger partial charge in [-0.05, 0) is 54.1 Å². The maximum absolute atomic E-state index is 12.8. The second kappa shape index (κ2) is 7.06. The molecule has 134 valence electrons. The quantitative estimate of drug-likeness (QED) is 0.791. The lowest BCUT2D eigenvalue weighted by Gasteiger charge is -2.30. The lowest BCUT2D eigenvalue weighted by Crippen LogP contribution is -2.37. The third-order valence-electron chi connectivity index (χ3n) is 5.26. The van der Waals surface area contributed by atoms with Crippen molar-refractivity contribution in [1.29, 1.82) is 0 Å². The van der Waals surface area contributed by atoms with E-state index in [1.807, 2.05) is 49.5 Å². The number of piperidine rings is 1. The third kappa shape index (κ3) is 3.30. The van der Waals surface area contributed by atoms with Crippen LogP contribution in [-0.2, 0) is 13.6 Å². The van der Waals surface area contributed by atoms with Gasteiger partial charge >= 0.3 is 0 Å². The van der Waals surface area contributed by atoms with Crippen molar-refractivity contribution in [2.45, 2.75) is 25.5 Å². The summed E-state index contributed by atoms with van der Waals surface area (Å²) >= 11 is 0. The first-order chi connectivity index (χ1) is 12.6. The van der Waals surface area contributed by atoms with Gasteiger partial charge in [0.2, 0.25) is 0 Å². The smallest absolute Gasteiger partial charge is 0.258 e. The summed E-state index contributed by atoms with van der Waals surface area (Å²) in [6.07, 6.45) is 1.70. The molecule has 2 aromatic carbocycles. The Morgan fingerprint density at radius 2 is 1.96 bits per heavy atom. The van der Waals surface area contributed by atoms with Crippen LogP contribution in [0.1, 0.15) is 18.4 Å². The summed E-state index contributed by atoms with van der Waals surface area (Å²) in [4.78, 5) is 15.1. The molecule has 1 unspecified atom stereocenters. The highest BCUT2D eigenvalue weighted by atomic mass is 16.3. The number of para-hydroxylation sites is 1. The van der Waals surface area contributed by atoms with Crippen molar-refractivity contribution in [1.82, 2.24) is 9.47 Å². The van der Waals surface area contributed by atoms with E-state index in [1.165, 1.54) is 5.56 Å². The van der Waals surface area contributed by atoms with Gasteiger partial charge in [-0.15, -0.1) is 0 Å². The molecule has 0 aliphatic carbocycles. The number of benzene rings is 2. The molecule has 1 fully saturated rings. The van der Waals surface area contributed by atoms with Crippen LogP contribution in [0.4, 0.5) is 0 Å². The van der Waals surface area contributed by atoms with Gasteiger partial charge < -0.3 is 9.67 Å². The molecule has 1 aliphatic heterocycles. The van der Waals surface area contributed by atoms with E-state index in [0.29, 0.717) is 0 Å². The topological polar surface area (TPSA) is 45.5 Å². The van der Waals surface area contributed by atoms with E-state index in [0.717, 1.165) is 54.5 Å². The highest BCUT2D eigenvalue weighted by Crippen LogP contribution is 2.23. The number of hydrogen-bond donors (Lipinski definition) is 1. The van der Waals surface area contributed by atoms with Gasteiger partial charge in [0, 0.05) is 25.7 Å². The average molecular weight is 348 g/mol. The summed E-state index contributed by atoms with van der Waals surface area (Å²) in [6.45, 7) is 2.54. The molecule has 0 spiro atoms. The lowest BCUT2D eigenvalue weighted by molar-refractivity contribution is 0.0668. The standard InChI is InChI=1S/C22H24N2O2/c1-23-21-10-3-2-7-18(21)13-20(22(23)26)17-8-4-6-16(12-17)14-24-11-5-9-19(25)15-24/h2-4,6-8,10,12-13,19,25H,5,9,11,14-15H2,1H3. The number of pyridine rings is 1. The van der Waals surface area contributed by atoms with Gasteiger partial charge in [0.15, 0.2) is 0 Å². The fraction of sp³-hybridized carbons (Fsp3) is 0.318. The van der Waals surface area contributed by atoms with Crippen LogP contribution in [0.15, 0.2) is 59.4 Å². The van der Waals surface area contributed by atoms with E-state index >= 15 is 0 Å². The highest BCUT2D eigenvalue weighted by molar-refractivity contribution is 5.84. The second-order valence-electron chi connectivity index (χ2n) is 7.21. The maximum atomic E-state index is 12.8. The van der Waals surface area contributed by atoms with E-state index in [9.17, 15) is 9.90 Å². The Balaban J connectivity index is 1.69. The monoisotopic (exact) mass is 348 g/mol. The summed E-state index contributed by atoms with van der Waals surface area (Å²) in [5.74, 6) is 0. The first-order valence-electron chi connectivity index (χ1n) is 9.20. The molecule has 0 radical (unpaired) electrons. The molecule has 1 aliphatic rings. The van der Waals surface area contributed by atoms with Crippen molar-refractivity contribution in [3.8, 4) is 11.1 Å². The summed E-state index contributed by atoms with van der Waals surface area (Å²) in [5.41, 5.74) is 3.82. The zero-order valence-electron chi connectivity index (χ0n) is 15.1. The van der Waals surface area contributed by atoms with E-state index in [4.69, 9.17) is 0 Å². The van der Waals surface area contributed by atoms with Crippen molar-refractivity contribution in [3.63, 3.8) is 0 Å². The van der Waals surface area contributed by atoms with Gasteiger partial charge in [-0.2, -0.15) is 0 Å². The van der Waals surface area contributed by atoms with E-state index in [2.05, 4.69) is 17.0 Å². The molecule has 1 atom stereocenters. The van der Waals surface area contributed by atoms with Crippen molar-refractivity contribution in [3.05, 3.63) is 70.5 Å². The molecule has 4 heteroatoms. The molecule has 4 rings (SSSR count). The molecule has 4 nitrogen and oxygen atoms in total. The molecule has 3 aromatic rings. The Kier molecular flexibility index (Phi) is 4.62. The van der Waals surface area contributed by atoms with Crippen molar-refractivity contribution in [2.24, 2.45) is 7.05 Å². The predicted molar refractivity (Wildman–Crippen MR) is 105 cm³/mol. The molecule has 0 saturated carbocycles. The van der Waals surface area contributed by atoms with Crippen LogP contribution in [0.5, 0.6) is 0 Å². The minimum Gasteiger partial charge on any atom is -0.392 e. The number of aliphatic hydroxyl groups excluding tert-OH is 1. The molecule has 1 aromatic heterocycles. The van der Waals surface area contributed by atoms with Crippen LogP contribution in [0.3, 0.4) is 0 Å². The third-order valence-corrected chi connectivity index (χ3v) is 5.26. The van der Waals surface area contributed by atoms with E-state index in [1.54, 1.807) is 4.57 Å². The van der Waals surface area contributed by atoms with E-state index in [-0.39, 0.29) is 11.7 Å². The van der Waals surface area contributed by atoms with Crippen LogP contribution < -0.4 is 5.56 Å². The SMILES string of the molecule is Cn1c(=O)c(-c2cccc(CN3CCCC(O)C3)c2)cc2ccccc21. The van der Waals surface area contributed by atoms with Crippen molar-refractivity contribution >= 4 is 10.9 Å². The lowest BCUT2D eigenvalue weighted by atomic mass is 10.0. The Morgan fingerprint density at radius 3 is 2.81 bits per heavy atom. The summed E-state index contributed by atoms with van der Waals surface area (Å²) < 4.78 is 1.72. The first kappa shape index (κ1) is 17.0. The number of nitrogens with zero attached hydrogens (tertiary/aromatic N) is 2. The summed E-state index contributed by atoms with van der Waals surface area (Å²) in [7, 11) is 1.83. The van der Waals surface area contributed by atoms with Crippen LogP contribution >= 0.6 is 0 Å². The number of β-amino-alcohol motifs (C(OH)–C–C–N with tert-alkyl or cyclic N) is 1. The van der Waals surface area contributed by atoms with Gasteiger partial charge in [-0.25, -0.2) is 0 Å². The molecule has 26 heavy (non-hydrogen) atoms. The number of hydrogen-bond acceptors (Lipinski definition) is 3. The zero-order valence-corrected chi connectivity index (χ0v) is 15.1. The van der Waals surface area contributed by atoms with Crippen LogP contribution in [0, 0.1) is 0 Å². The fourth-order valence-corrected chi connectivity index (χ4v) is 3.90. The zero-order chi connectivity index (χ0) is 18.1. The van der Waals surface area contributed by atoms with Crippen LogP contribution in [-0.4, -0.2) is 33.8 Å². The Hall–Kier alpha value is -2.43. The minimum atomic E-state index is -0.222. The summed E-state index contributed by atoms with van der Waals surface area (Å²) in [5, 5.41) is 10.9. The number of aryl methyl sites for hydroxylation is 1. The molecule has 2 heterocycles. The van der Waals surface area contributed by atoms with Gasteiger partial charge in [-0.1, -0.05) is 36.4 Å². The van der Waals surface area contributed by atoms with Gasteiger partial charge in [0.25, 0.3) is 5.56 Å². The summed E-state index contributed by atoms with van der Waals surface area (Å²) in [6, 6.07) is 18.2. The first-order valence-corrected chi connectivity index (χ1v) is 9.20.